The van der Waals surface area contributed by atoms with Crippen LogP contribution < -0.4 is 0 Å². The van der Waals surface area contributed by atoms with Gasteiger partial charge in [-0.15, -0.1) is 0 Å². The Kier molecular flexibility index (Phi) is 8.53. The van der Waals surface area contributed by atoms with E-state index in [-0.39, 0.29) is 0 Å². The van der Waals surface area contributed by atoms with Crippen molar-refractivity contribution in [3.05, 3.63) is 71.8 Å². The molecule has 2 saturated carbocycles. The molecular weight excluding hydrogens is 348 g/mol. The van der Waals surface area contributed by atoms with Crippen molar-refractivity contribution in [3.8, 4) is 0 Å². The Hall–Kier alpha value is -1.68. The summed E-state index contributed by atoms with van der Waals surface area (Å²) < 4.78 is 11.5. The van der Waals surface area contributed by atoms with Gasteiger partial charge in [-0.1, -0.05) is 74.0 Å². The largest absolute Gasteiger partial charge is 0.396 e. The van der Waals surface area contributed by atoms with Crippen molar-refractivity contribution in [1.29, 1.82) is 0 Å². The minimum Gasteiger partial charge on any atom is -0.396 e. The smallest absolute Gasteiger partial charge is 0.0720 e. The average molecular weight is 383 g/mol. The summed E-state index contributed by atoms with van der Waals surface area (Å²) in [6, 6.07) is 20.6. The highest BCUT2D eigenvalue weighted by Crippen LogP contribution is 2.32. The van der Waals surface area contributed by atoms with Crippen LogP contribution in [0.5, 0.6) is 0 Å². The van der Waals surface area contributed by atoms with Crippen LogP contribution in [0.2, 0.25) is 0 Å². The Balaban J connectivity index is 0.000000161. The number of benzene rings is 2. The summed E-state index contributed by atoms with van der Waals surface area (Å²) in [7, 11) is 0. The average Bonchev–Trinajstić information content (AvgIpc) is 2.68. The molecule has 3 nitrogen and oxygen atoms in total. The third kappa shape index (κ3) is 6.73. The minimum atomic E-state index is 0.311. The first-order valence-electron chi connectivity index (χ1n) is 10.7. The van der Waals surface area contributed by atoms with E-state index in [4.69, 9.17) is 14.6 Å². The van der Waals surface area contributed by atoms with Crippen LogP contribution in [0.3, 0.4) is 0 Å². The Labute approximate surface area is 169 Å². The van der Waals surface area contributed by atoms with Gasteiger partial charge in [-0.25, -0.2) is 0 Å². The lowest BCUT2D eigenvalue weighted by atomic mass is 9.80. The van der Waals surface area contributed by atoms with Crippen LogP contribution in [0.25, 0.3) is 0 Å². The molecule has 2 fully saturated rings. The zero-order valence-electron chi connectivity index (χ0n) is 17.0. The van der Waals surface area contributed by atoms with Crippen LogP contribution in [-0.2, 0) is 22.7 Å². The van der Waals surface area contributed by atoms with Crippen LogP contribution in [0.4, 0.5) is 0 Å². The molecule has 2 aliphatic rings. The highest BCUT2D eigenvalue weighted by Gasteiger charge is 2.29. The molecule has 3 heteroatoms. The quantitative estimate of drug-likeness (QED) is 0.667. The van der Waals surface area contributed by atoms with Gasteiger partial charge in [-0.3, -0.25) is 0 Å². The van der Waals surface area contributed by atoms with E-state index in [0.29, 0.717) is 31.3 Å². The van der Waals surface area contributed by atoms with Crippen molar-refractivity contribution in [2.24, 2.45) is 11.8 Å². The maximum atomic E-state index is 8.83. The molecule has 0 radical (unpaired) electrons. The maximum Gasteiger partial charge on any atom is 0.0720 e. The molecule has 0 unspecified atom stereocenters. The van der Waals surface area contributed by atoms with E-state index in [0.717, 1.165) is 25.4 Å². The van der Waals surface area contributed by atoms with E-state index in [1.807, 2.05) is 24.3 Å². The fraction of sp³-hybridized carbons (Fsp3) is 0.520. The molecule has 2 aromatic carbocycles. The second-order valence-corrected chi connectivity index (χ2v) is 8.10. The van der Waals surface area contributed by atoms with E-state index < -0.39 is 0 Å². The summed E-state index contributed by atoms with van der Waals surface area (Å²) in [5.41, 5.74) is 2.51. The minimum absolute atomic E-state index is 0.311. The SMILES string of the molecule is CCC1CC(OCc2ccccc2)C1.OCC1CC(OCc2ccccc2)C1. The topological polar surface area (TPSA) is 38.7 Å². The molecule has 28 heavy (non-hydrogen) atoms. The van der Waals surface area contributed by atoms with E-state index in [2.05, 4.69) is 43.3 Å². The molecular formula is C25H34O3. The molecule has 0 atom stereocenters. The predicted octanol–water partition coefficient (Wildman–Crippen LogP) is 5.37. The number of rotatable bonds is 8. The predicted molar refractivity (Wildman–Crippen MR) is 113 cm³/mol. The molecule has 0 heterocycles. The van der Waals surface area contributed by atoms with Gasteiger partial charge in [0, 0.05) is 6.61 Å². The molecule has 0 amide bonds. The van der Waals surface area contributed by atoms with E-state index >= 15 is 0 Å². The van der Waals surface area contributed by atoms with Gasteiger partial charge in [-0.2, -0.15) is 0 Å². The molecule has 0 aromatic heterocycles. The van der Waals surface area contributed by atoms with Crippen LogP contribution in [-0.4, -0.2) is 23.9 Å². The summed E-state index contributed by atoms with van der Waals surface area (Å²) in [6.07, 6.45) is 6.78. The van der Waals surface area contributed by atoms with Crippen molar-refractivity contribution < 1.29 is 14.6 Å². The molecule has 1 N–H and O–H groups in total. The zero-order valence-corrected chi connectivity index (χ0v) is 17.0. The van der Waals surface area contributed by atoms with Crippen LogP contribution in [0.15, 0.2) is 60.7 Å². The molecule has 0 saturated heterocycles. The first-order chi connectivity index (χ1) is 13.8. The van der Waals surface area contributed by atoms with Crippen molar-refractivity contribution in [2.45, 2.75) is 64.4 Å². The number of ether oxygens (including phenoxy) is 2. The van der Waals surface area contributed by atoms with Crippen molar-refractivity contribution in [2.75, 3.05) is 6.61 Å². The van der Waals surface area contributed by atoms with Gasteiger partial charge >= 0.3 is 0 Å². The standard InChI is InChI=1S/C13H18O.C12H16O2/c1-2-11-8-13(9-11)14-10-12-6-4-3-5-7-12;13-8-11-6-12(7-11)14-9-10-4-2-1-3-5-10/h3-7,11,13H,2,8-10H2,1H3;1-5,11-13H,6-9H2. The van der Waals surface area contributed by atoms with Gasteiger partial charge in [0.2, 0.25) is 0 Å². The van der Waals surface area contributed by atoms with Gasteiger partial charge in [0.05, 0.1) is 25.4 Å². The number of hydrogen-bond acceptors (Lipinski definition) is 3. The highest BCUT2D eigenvalue weighted by molar-refractivity contribution is 5.14. The Morgan fingerprint density at radius 2 is 1.14 bits per heavy atom. The highest BCUT2D eigenvalue weighted by atomic mass is 16.5. The van der Waals surface area contributed by atoms with Gasteiger partial charge in [0.25, 0.3) is 0 Å². The normalized spacial score (nSPS) is 25.8. The Bertz CT molecular complexity index is 587. The number of aliphatic hydroxyl groups is 1. The summed E-state index contributed by atoms with van der Waals surface area (Å²) in [5.74, 6) is 1.41. The monoisotopic (exact) mass is 382 g/mol. The molecule has 4 rings (SSSR count). The lowest BCUT2D eigenvalue weighted by Gasteiger charge is -2.34. The second-order valence-electron chi connectivity index (χ2n) is 8.10. The van der Waals surface area contributed by atoms with E-state index in [1.165, 1.54) is 30.4 Å². The van der Waals surface area contributed by atoms with Crippen molar-refractivity contribution in [1.82, 2.24) is 0 Å². The van der Waals surface area contributed by atoms with Crippen molar-refractivity contribution >= 4 is 0 Å². The number of hydrogen-bond donors (Lipinski definition) is 1. The molecule has 2 aliphatic carbocycles. The van der Waals surface area contributed by atoms with Crippen LogP contribution >= 0.6 is 0 Å². The molecule has 0 spiro atoms. The van der Waals surface area contributed by atoms with Gasteiger partial charge < -0.3 is 14.6 Å². The van der Waals surface area contributed by atoms with Crippen LogP contribution in [0.1, 0.15) is 50.2 Å². The lowest BCUT2D eigenvalue weighted by molar-refractivity contribution is -0.0532. The summed E-state index contributed by atoms with van der Waals surface area (Å²) in [5, 5.41) is 8.83. The van der Waals surface area contributed by atoms with Crippen LogP contribution in [0, 0.1) is 11.8 Å². The Morgan fingerprint density at radius 1 is 0.714 bits per heavy atom. The van der Waals surface area contributed by atoms with Gasteiger partial charge in [-0.05, 0) is 48.6 Å². The van der Waals surface area contributed by atoms with E-state index in [9.17, 15) is 0 Å². The third-order valence-electron chi connectivity index (χ3n) is 5.88. The lowest BCUT2D eigenvalue weighted by Crippen LogP contribution is -2.33. The fourth-order valence-electron chi connectivity index (χ4n) is 3.68. The fourth-order valence-corrected chi connectivity index (χ4v) is 3.68. The van der Waals surface area contributed by atoms with E-state index in [1.54, 1.807) is 0 Å². The first kappa shape index (κ1) is 21.0. The molecule has 152 valence electrons. The second kappa shape index (κ2) is 11.4. The number of aliphatic hydroxyl groups excluding tert-OH is 1. The third-order valence-corrected chi connectivity index (χ3v) is 5.88. The molecule has 0 bridgehead atoms. The van der Waals surface area contributed by atoms with Gasteiger partial charge in [0.1, 0.15) is 0 Å². The molecule has 2 aromatic rings. The van der Waals surface area contributed by atoms with Crippen molar-refractivity contribution in [3.63, 3.8) is 0 Å². The van der Waals surface area contributed by atoms with Gasteiger partial charge in [0.15, 0.2) is 0 Å². The summed E-state index contributed by atoms with van der Waals surface area (Å²) in [6.45, 7) is 4.05. The molecule has 0 aliphatic heterocycles. The maximum absolute atomic E-state index is 8.83. The summed E-state index contributed by atoms with van der Waals surface area (Å²) >= 11 is 0. The summed E-state index contributed by atoms with van der Waals surface area (Å²) in [4.78, 5) is 0. The first-order valence-corrected chi connectivity index (χ1v) is 10.7. The Morgan fingerprint density at radius 3 is 1.54 bits per heavy atom. The zero-order chi connectivity index (χ0) is 19.6.